The summed E-state index contributed by atoms with van der Waals surface area (Å²) in [6.45, 7) is 3.79. The summed E-state index contributed by atoms with van der Waals surface area (Å²) in [5.41, 5.74) is 1.24. The molecule has 0 aliphatic rings. The highest BCUT2D eigenvalue weighted by Gasteiger charge is 2.20. The number of fused-ring (bicyclic) bond motifs is 1. The lowest BCUT2D eigenvalue weighted by Crippen LogP contribution is -2.37. The SMILES string of the molecule is [CH2]CCC(=O)C(Cc1cccc2ccccc12)N(C)C. The van der Waals surface area contributed by atoms with Gasteiger partial charge in [0.05, 0.1) is 6.04 Å². The molecule has 0 saturated carbocycles. The van der Waals surface area contributed by atoms with Crippen LogP contribution in [-0.2, 0) is 11.2 Å². The molecule has 2 aromatic rings. The molecule has 0 spiro atoms. The Labute approximate surface area is 121 Å². The third-order valence-corrected chi connectivity index (χ3v) is 3.71. The molecule has 1 radical (unpaired) electrons. The van der Waals surface area contributed by atoms with Crippen LogP contribution in [0.3, 0.4) is 0 Å². The van der Waals surface area contributed by atoms with Gasteiger partial charge >= 0.3 is 0 Å². The first-order valence-corrected chi connectivity index (χ1v) is 7.08. The molecule has 0 heterocycles. The number of carbonyl (C=O) groups is 1. The van der Waals surface area contributed by atoms with Crippen molar-refractivity contribution in [3.63, 3.8) is 0 Å². The first kappa shape index (κ1) is 14.7. The Kier molecular flexibility index (Phi) is 4.91. The summed E-state index contributed by atoms with van der Waals surface area (Å²) >= 11 is 0. The average Bonchev–Trinajstić information content (AvgIpc) is 2.44. The first-order valence-electron chi connectivity index (χ1n) is 7.08. The molecule has 2 rings (SSSR count). The number of rotatable bonds is 6. The zero-order valence-corrected chi connectivity index (χ0v) is 12.3. The predicted molar refractivity (Wildman–Crippen MR) is 84.7 cm³/mol. The molecule has 20 heavy (non-hydrogen) atoms. The number of ketones is 1. The van der Waals surface area contributed by atoms with Crippen molar-refractivity contribution < 1.29 is 4.79 Å². The second kappa shape index (κ2) is 6.67. The van der Waals surface area contributed by atoms with Gasteiger partial charge in [0.15, 0.2) is 0 Å². The Morgan fingerprint density at radius 2 is 1.85 bits per heavy atom. The first-order chi connectivity index (χ1) is 9.63. The van der Waals surface area contributed by atoms with Gasteiger partial charge in [0.1, 0.15) is 5.78 Å². The number of benzene rings is 2. The second-order valence-electron chi connectivity index (χ2n) is 5.39. The van der Waals surface area contributed by atoms with Gasteiger partial charge in [-0.05, 0) is 43.3 Å². The zero-order chi connectivity index (χ0) is 14.5. The van der Waals surface area contributed by atoms with Crippen molar-refractivity contribution in [1.29, 1.82) is 0 Å². The van der Waals surface area contributed by atoms with Gasteiger partial charge in [-0.15, -0.1) is 0 Å². The highest BCUT2D eigenvalue weighted by molar-refractivity contribution is 5.88. The fourth-order valence-electron chi connectivity index (χ4n) is 2.60. The molecule has 0 N–H and O–H groups in total. The van der Waals surface area contributed by atoms with E-state index < -0.39 is 0 Å². The maximum atomic E-state index is 12.2. The molecule has 0 aliphatic carbocycles. The van der Waals surface area contributed by atoms with Crippen molar-refractivity contribution in [3.05, 3.63) is 55.0 Å². The van der Waals surface area contributed by atoms with Gasteiger partial charge in [0, 0.05) is 6.42 Å². The van der Waals surface area contributed by atoms with Crippen LogP contribution in [0.5, 0.6) is 0 Å². The molecule has 0 fully saturated rings. The lowest BCUT2D eigenvalue weighted by Gasteiger charge is -2.23. The second-order valence-corrected chi connectivity index (χ2v) is 5.39. The van der Waals surface area contributed by atoms with E-state index in [1.165, 1.54) is 16.3 Å². The average molecular weight is 268 g/mol. The number of Topliss-reactive ketones (excluding diaryl/α,β-unsaturated/α-hetero) is 1. The van der Waals surface area contributed by atoms with Gasteiger partial charge in [-0.3, -0.25) is 9.69 Å². The van der Waals surface area contributed by atoms with Crippen molar-refractivity contribution in [2.75, 3.05) is 14.1 Å². The van der Waals surface area contributed by atoms with Crippen LogP contribution < -0.4 is 0 Å². The standard InChI is InChI=1S/C18H22NO/c1-4-8-18(20)17(19(2)3)13-15-11-7-10-14-9-5-6-12-16(14)15/h5-7,9-12,17H,1,4,8,13H2,2-3H3. The molecule has 0 bridgehead atoms. The summed E-state index contributed by atoms with van der Waals surface area (Å²) in [5.74, 6) is 0.276. The molecule has 0 saturated heterocycles. The zero-order valence-electron chi connectivity index (χ0n) is 12.3. The van der Waals surface area contributed by atoms with Crippen molar-refractivity contribution in [1.82, 2.24) is 4.90 Å². The van der Waals surface area contributed by atoms with Crippen LogP contribution in [-0.4, -0.2) is 30.8 Å². The van der Waals surface area contributed by atoms with E-state index in [-0.39, 0.29) is 11.8 Å². The summed E-state index contributed by atoms with van der Waals surface area (Å²) < 4.78 is 0. The molecule has 2 nitrogen and oxygen atoms in total. The molecule has 0 aromatic heterocycles. The van der Waals surface area contributed by atoms with Crippen LogP contribution >= 0.6 is 0 Å². The Balaban J connectivity index is 2.31. The summed E-state index contributed by atoms with van der Waals surface area (Å²) in [7, 11) is 3.94. The molecule has 1 atom stereocenters. The number of likely N-dealkylation sites (N-methyl/N-ethyl adjacent to an activating group) is 1. The monoisotopic (exact) mass is 268 g/mol. The van der Waals surface area contributed by atoms with E-state index in [0.29, 0.717) is 12.8 Å². The largest absolute Gasteiger partial charge is 0.299 e. The minimum Gasteiger partial charge on any atom is -0.299 e. The van der Waals surface area contributed by atoms with Crippen molar-refractivity contribution in [2.24, 2.45) is 0 Å². The maximum Gasteiger partial charge on any atom is 0.150 e. The van der Waals surface area contributed by atoms with Crippen molar-refractivity contribution in [3.8, 4) is 0 Å². The van der Waals surface area contributed by atoms with Gasteiger partial charge in [-0.25, -0.2) is 0 Å². The van der Waals surface area contributed by atoms with E-state index in [2.05, 4.69) is 37.3 Å². The van der Waals surface area contributed by atoms with Gasteiger partial charge in [-0.2, -0.15) is 0 Å². The molecule has 2 heteroatoms. The summed E-state index contributed by atoms with van der Waals surface area (Å²) in [5, 5.41) is 2.47. The van der Waals surface area contributed by atoms with Crippen LogP contribution in [0.4, 0.5) is 0 Å². The molecule has 0 amide bonds. The van der Waals surface area contributed by atoms with E-state index in [1.807, 2.05) is 31.1 Å². The number of hydrogen-bond acceptors (Lipinski definition) is 2. The number of hydrogen-bond donors (Lipinski definition) is 0. The molecular formula is C18H22NO. The van der Waals surface area contributed by atoms with Crippen LogP contribution in [0.15, 0.2) is 42.5 Å². The Morgan fingerprint density at radius 1 is 1.15 bits per heavy atom. The maximum absolute atomic E-state index is 12.2. The van der Waals surface area contributed by atoms with E-state index in [0.717, 1.165) is 6.42 Å². The highest BCUT2D eigenvalue weighted by atomic mass is 16.1. The van der Waals surface area contributed by atoms with Gasteiger partial charge in [0.25, 0.3) is 0 Å². The van der Waals surface area contributed by atoms with Crippen molar-refractivity contribution >= 4 is 16.6 Å². The van der Waals surface area contributed by atoms with Crippen LogP contribution in [0.1, 0.15) is 18.4 Å². The third kappa shape index (κ3) is 3.26. The van der Waals surface area contributed by atoms with E-state index in [1.54, 1.807) is 0 Å². The molecular weight excluding hydrogens is 246 g/mol. The minimum atomic E-state index is -0.0671. The summed E-state index contributed by atoms with van der Waals surface area (Å²) in [6, 6.07) is 14.6. The normalized spacial score (nSPS) is 12.8. The molecule has 1 unspecified atom stereocenters. The van der Waals surface area contributed by atoms with E-state index in [4.69, 9.17) is 0 Å². The van der Waals surface area contributed by atoms with E-state index >= 15 is 0 Å². The van der Waals surface area contributed by atoms with Gasteiger partial charge in [0.2, 0.25) is 0 Å². The fraction of sp³-hybridized carbons (Fsp3) is 0.333. The van der Waals surface area contributed by atoms with Crippen LogP contribution in [0, 0.1) is 6.92 Å². The highest BCUT2D eigenvalue weighted by Crippen LogP contribution is 2.21. The molecule has 2 aromatic carbocycles. The Hall–Kier alpha value is -1.67. The lowest BCUT2D eigenvalue weighted by atomic mass is 9.95. The topological polar surface area (TPSA) is 20.3 Å². The quantitative estimate of drug-likeness (QED) is 0.799. The smallest absolute Gasteiger partial charge is 0.150 e. The van der Waals surface area contributed by atoms with Crippen molar-refractivity contribution in [2.45, 2.75) is 25.3 Å². The van der Waals surface area contributed by atoms with Crippen LogP contribution in [0.25, 0.3) is 10.8 Å². The predicted octanol–water partition coefficient (Wildman–Crippen LogP) is 3.50. The molecule has 0 aliphatic heterocycles. The number of nitrogens with zero attached hydrogens (tertiary/aromatic N) is 1. The molecule has 105 valence electrons. The van der Waals surface area contributed by atoms with Gasteiger partial charge < -0.3 is 0 Å². The van der Waals surface area contributed by atoms with Gasteiger partial charge in [-0.1, -0.05) is 49.4 Å². The Morgan fingerprint density at radius 3 is 2.55 bits per heavy atom. The Bertz CT molecular complexity index is 583. The lowest BCUT2D eigenvalue weighted by molar-refractivity contribution is -0.123. The van der Waals surface area contributed by atoms with E-state index in [9.17, 15) is 4.79 Å². The fourth-order valence-corrected chi connectivity index (χ4v) is 2.60. The van der Waals surface area contributed by atoms with Crippen LogP contribution in [0.2, 0.25) is 0 Å². The summed E-state index contributed by atoms with van der Waals surface area (Å²) in [4.78, 5) is 14.3. The number of carbonyl (C=O) groups excluding carboxylic acids is 1. The minimum absolute atomic E-state index is 0.0671. The third-order valence-electron chi connectivity index (χ3n) is 3.71. The summed E-state index contributed by atoms with van der Waals surface area (Å²) in [6.07, 6.45) is 1.97.